The highest BCUT2D eigenvalue weighted by molar-refractivity contribution is 5.74. The van der Waals surface area contributed by atoms with Crippen molar-refractivity contribution in [2.75, 3.05) is 14.2 Å². The summed E-state index contributed by atoms with van der Waals surface area (Å²) < 4.78 is 25.8. The van der Waals surface area contributed by atoms with Crippen LogP contribution in [0.5, 0.6) is 11.5 Å². The zero-order valence-electron chi connectivity index (χ0n) is 12.7. The van der Waals surface area contributed by atoms with Crippen LogP contribution in [0.15, 0.2) is 36.5 Å². The van der Waals surface area contributed by atoms with Crippen LogP contribution in [0.4, 0.5) is 4.39 Å². The minimum atomic E-state index is -0.391. The van der Waals surface area contributed by atoms with Gasteiger partial charge < -0.3 is 9.47 Å². The standard InChI is InChI=1S/C17H14FN3O2/c1-22-12-4-5-15(23-2)13(9-12)17-14(7-8-19)21-10-11(18)3-6-16(21)20-17/h3-6,9-10H,7H2,1-2H3. The second-order valence-corrected chi connectivity index (χ2v) is 4.88. The van der Waals surface area contributed by atoms with Crippen LogP contribution >= 0.6 is 0 Å². The maximum absolute atomic E-state index is 13.6. The Morgan fingerprint density at radius 2 is 2.04 bits per heavy atom. The van der Waals surface area contributed by atoms with Gasteiger partial charge in [0, 0.05) is 11.8 Å². The van der Waals surface area contributed by atoms with Crippen LogP contribution in [-0.2, 0) is 6.42 Å². The minimum absolute atomic E-state index is 0.0975. The number of methoxy groups -OCH3 is 2. The van der Waals surface area contributed by atoms with Gasteiger partial charge in [-0.3, -0.25) is 4.40 Å². The molecule has 0 aliphatic carbocycles. The predicted molar refractivity (Wildman–Crippen MR) is 83.0 cm³/mol. The van der Waals surface area contributed by atoms with E-state index in [0.717, 1.165) is 0 Å². The van der Waals surface area contributed by atoms with Crippen molar-refractivity contribution in [2.24, 2.45) is 0 Å². The number of hydrogen-bond acceptors (Lipinski definition) is 4. The molecule has 0 aliphatic heterocycles. The van der Waals surface area contributed by atoms with Gasteiger partial charge in [0.25, 0.3) is 0 Å². The van der Waals surface area contributed by atoms with Crippen molar-refractivity contribution < 1.29 is 13.9 Å². The van der Waals surface area contributed by atoms with Crippen molar-refractivity contribution in [3.8, 4) is 28.8 Å². The average Bonchev–Trinajstić information content (AvgIpc) is 2.92. The highest BCUT2D eigenvalue weighted by Gasteiger charge is 2.18. The van der Waals surface area contributed by atoms with Crippen molar-refractivity contribution in [1.29, 1.82) is 5.26 Å². The van der Waals surface area contributed by atoms with E-state index in [1.165, 1.54) is 12.3 Å². The number of aromatic nitrogens is 2. The van der Waals surface area contributed by atoms with E-state index in [1.54, 1.807) is 42.9 Å². The molecule has 0 saturated heterocycles. The van der Waals surface area contributed by atoms with Crippen LogP contribution in [0.2, 0.25) is 0 Å². The maximum atomic E-state index is 13.6. The molecule has 0 saturated carbocycles. The number of hydrogen-bond donors (Lipinski definition) is 0. The van der Waals surface area contributed by atoms with Crippen molar-refractivity contribution in [1.82, 2.24) is 9.38 Å². The van der Waals surface area contributed by atoms with Crippen molar-refractivity contribution in [3.05, 3.63) is 48.0 Å². The van der Waals surface area contributed by atoms with Gasteiger partial charge in [-0.15, -0.1) is 0 Å². The largest absolute Gasteiger partial charge is 0.497 e. The van der Waals surface area contributed by atoms with E-state index in [4.69, 9.17) is 14.7 Å². The van der Waals surface area contributed by atoms with Gasteiger partial charge in [0.15, 0.2) is 0 Å². The molecule has 0 unspecified atom stereocenters. The molecule has 2 aromatic heterocycles. The van der Waals surface area contributed by atoms with Crippen molar-refractivity contribution in [2.45, 2.75) is 6.42 Å². The Morgan fingerprint density at radius 3 is 2.74 bits per heavy atom. The zero-order chi connectivity index (χ0) is 16.4. The van der Waals surface area contributed by atoms with E-state index in [-0.39, 0.29) is 6.42 Å². The van der Waals surface area contributed by atoms with Gasteiger partial charge in [-0.25, -0.2) is 9.37 Å². The molecule has 0 fully saturated rings. The molecule has 116 valence electrons. The van der Waals surface area contributed by atoms with Crippen LogP contribution in [0.25, 0.3) is 16.9 Å². The number of rotatable bonds is 4. The van der Waals surface area contributed by atoms with Gasteiger partial charge in [0.05, 0.1) is 38.1 Å². The molecule has 0 spiro atoms. The molecule has 0 amide bonds. The normalized spacial score (nSPS) is 10.5. The van der Waals surface area contributed by atoms with Crippen LogP contribution in [0.1, 0.15) is 5.69 Å². The summed E-state index contributed by atoms with van der Waals surface area (Å²) in [5.41, 5.74) is 2.44. The first-order valence-corrected chi connectivity index (χ1v) is 6.93. The lowest BCUT2D eigenvalue weighted by Crippen LogP contribution is -1.96. The Labute approximate surface area is 132 Å². The summed E-state index contributed by atoms with van der Waals surface area (Å²) in [6.45, 7) is 0. The molecule has 23 heavy (non-hydrogen) atoms. The summed E-state index contributed by atoms with van der Waals surface area (Å²) in [5, 5.41) is 9.12. The SMILES string of the molecule is COc1ccc(OC)c(-c2nc3ccc(F)cn3c2CC#N)c1. The van der Waals surface area contributed by atoms with Crippen molar-refractivity contribution in [3.63, 3.8) is 0 Å². The van der Waals surface area contributed by atoms with E-state index < -0.39 is 5.82 Å². The Kier molecular flexibility index (Phi) is 3.85. The number of benzene rings is 1. The van der Waals surface area contributed by atoms with E-state index in [9.17, 15) is 4.39 Å². The molecule has 0 radical (unpaired) electrons. The topological polar surface area (TPSA) is 59.6 Å². The van der Waals surface area contributed by atoms with Crippen LogP contribution in [-0.4, -0.2) is 23.6 Å². The molecular weight excluding hydrogens is 297 g/mol. The van der Waals surface area contributed by atoms with Gasteiger partial charge in [-0.05, 0) is 30.3 Å². The second kappa shape index (κ2) is 5.97. The van der Waals surface area contributed by atoms with Gasteiger partial charge in [0.2, 0.25) is 0 Å². The van der Waals surface area contributed by atoms with E-state index in [1.807, 2.05) is 0 Å². The van der Waals surface area contributed by atoms with E-state index >= 15 is 0 Å². The van der Waals surface area contributed by atoms with Gasteiger partial charge >= 0.3 is 0 Å². The highest BCUT2D eigenvalue weighted by atomic mass is 19.1. The molecule has 1 aromatic carbocycles. The van der Waals surface area contributed by atoms with Gasteiger partial charge in [0.1, 0.15) is 23.0 Å². The third-order valence-corrected chi connectivity index (χ3v) is 3.59. The Balaban J connectivity index is 2.31. The second-order valence-electron chi connectivity index (χ2n) is 4.88. The molecule has 0 atom stereocenters. The van der Waals surface area contributed by atoms with Gasteiger partial charge in [-0.2, -0.15) is 5.26 Å². The summed E-state index contributed by atoms with van der Waals surface area (Å²) in [6, 6.07) is 10.4. The molecule has 3 rings (SSSR count). The number of fused-ring (bicyclic) bond motifs is 1. The fraction of sp³-hybridized carbons (Fsp3) is 0.176. The lowest BCUT2D eigenvalue weighted by molar-refractivity contribution is 0.404. The predicted octanol–water partition coefficient (Wildman–Crippen LogP) is 3.22. The van der Waals surface area contributed by atoms with Gasteiger partial charge in [-0.1, -0.05) is 0 Å². The molecule has 0 N–H and O–H groups in total. The van der Waals surface area contributed by atoms with Crippen molar-refractivity contribution >= 4 is 5.65 Å². The van der Waals surface area contributed by atoms with Crippen LogP contribution in [0, 0.1) is 17.1 Å². The lowest BCUT2D eigenvalue weighted by Gasteiger charge is -2.10. The molecule has 2 heterocycles. The summed E-state index contributed by atoms with van der Waals surface area (Å²) in [7, 11) is 3.13. The first-order valence-electron chi connectivity index (χ1n) is 6.93. The fourth-order valence-electron chi connectivity index (χ4n) is 2.53. The minimum Gasteiger partial charge on any atom is -0.497 e. The number of imidazole rings is 1. The summed E-state index contributed by atoms with van der Waals surface area (Å²) in [6.07, 6.45) is 1.42. The fourth-order valence-corrected chi connectivity index (χ4v) is 2.53. The number of halogens is 1. The van der Waals surface area contributed by atoms with Crippen LogP contribution in [0.3, 0.4) is 0 Å². The summed E-state index contributed by atoms with van der Waals surface area (Å²) in [4.78, 5) is 4.54. The molecule has 5 nitrogen and oxygen atoms in total. The van der Waals surface area contributed by atoms with E-state index in [0.29, 0.717) is 34.1 Å². The lowest BCUT2D eigenvalue weighted by atomic mass is 10.1. The average molecular weight is 311 g/mol. The van der Waals surface area contributed by atoms with Crippen LogP contribution < -0.4 is 9.47 Å². The number of nitriles is 1. The number of pyridine rings is 1. The molecule has 3 aromatic rings. The molecule has 0 bridgehead atoms. The molecule has 0 aliphatic rings. The Morgan fingerprint density at radius 1 is 1.22 bits per heavy atom. The smallest absolute Gasteiger partial charge is 0.139 e. The molecule has 6 heteroatoms. The quantitative estimate of drug-likeness (QED) is 0.742. The Bertz CT molecular complexity index is 912. The van der Waals surface area contributed by atoms with E-state index in [2.05, 4.69) is 11.1 Å². The Hall–Kier alpha value is -3.07. The first kappa shape index (κ1) is 14.9. The summed E-state index contributed by atoms with van der Waals surface area (Å²) >= 11 is 0. The highest BCUT2D eigenvalue weighted by Crippen LogP contribution is 2.35. The maximum Gasteiger partial charge on any atom is 0.139 e. The number of ether oxygens (including phenoxy) is 2. The first-order chi connectivity index (χ1) is 11.2. The zero-order valence-corrected chi connectivity index (χ0v) is 12.7. The monoisotopic (exact) mass is 311 g/mol. The third kappa shape index (κ3) is 2.57. The third-order valence-electron chi connectivity index (χ3n) is 3.59. The summed E-state index contributed by atoms with van der Waals surface area (Å²) in [5.74, 6) is 0.860. The molecular formula is C17H14FN3O2. The number of nitrogens with zero attached hydrogens (tertiary/aromatic N) is 3.